The van der Waals surface area contributed by atoms with E-state index in [1.165, 1.54) is 27.0 Å². The van der Waals surface area contributed by atoms with E-state index >= 15 is 0 Å². The normalized spacial score (nSPS) is 22.4. The van der Waals surface area contributed by atoms with Gasteiger partial charge in [-0.1, -0.05) is 37.3 Å². The molecule has 2 heterocycles. The van der Waals surface area contributed by atoms with Crippen molar-refractivity contribution in [2.45, 2.75) is 23.8 Å². The van der Waals surface area contributed by atoms with Crippen molar-refractivity contribution in [3.05, 3.63) is 40.2 Å². The second kappa shape index (κ2) is 7.18. The second-order valence-electron chi connectivity index (χ2n) is 5.10. The molecule has 1 saturated heterocycles. The molecule has 1 fully saturated rings. The molecule has 1 aliphatic rings. The number of hydrogen-bond donors (Lipinski definition) is 1. The second-order valence-corrected chi connectivity index (χ2v) is 8.95. The molecule has 2 unspecified atom stereocenters. The molecule has 21 heavy (non-hydrogen) atoms. The van der Waals surface area contributed by atoms with E-state index in [9.17, 15) is 0 Å². The topological polar surface area (TPSA) is 38.9 Å². The van der Waals surface area contributed by atoms with Gasteiger partial charge in [0.2, 0.25) is 0 Å². The average Bonchev–Trinajstić information content (AvgIpc) is 2.93. The van der Waals surface area contributed by atoms with Gasteiger partial charge in [-0.05, 0) is 13.0 Å². The van der Waals surface area contributed by atoms with E-state index in [4.69, 9.17) is 10.7 Å². The number of nitrogens with two attached hydrogens (primary N) is 1. The van der Waals surface area contributed by atoms with Crippen molar-refractivity contribution < 1.29 is 0 Å². The highest BCUT2D eigenvalue weighted by atomic mass is 32.2. The van der Waals surface area contributed by atoms with Gasteiger partial charge in [-0.15, -0.1) is 23.1 Å². The van der Waals surface area contributed by atoms with Crippen molar-refractivity contribution in [2.75, 3.05) is 18.1 Å². The van der Waals surface area contributed by atoms with Crippen LogP contribution in [0.25, 0.3) is 11.3 Å². The minimum atomic E-state index is 0.530. The Labute approximate surface area is 138 Å². The molecule has 0 radical (unpaired) electrons. The number of thiazole rings is 1. The van der Waals surface area contributed by atoms with Gasteiger partial charge in [-0.2, -0.15) is 11.8 Å². The maximum Gasteiger partial charge on any atom is 0.108 e. The number of rotatable bonds is 4. The lowest BCUT2D eigenvalue weighted by molar-refractivity contribution is 0.896. The van der Waals surface area contributed by atoms with Gasteiger partial charge in [0.05, 0.1) is 10.9 Å². The molecular formula is C16H20N2S3. The summed E-state index contributed by atoms with van der Waals surface area (Å²) in [6.07, 6.45) is 0.917. The Bertz CT molecular complexity index is 582. The lowest BCUT2D eigenvalue weighted by Gasteiger charge is -2.25. The standard InChI is InChI=1S/C16H20N2S3/c1-11-15(20-10-9-19-11)16-18-14(13(21-16)7-8-17)12-5-3-2-4-6-12/h2-6,11,15H,7-10,17H2,1H3. The van der Waals surface area contributed by atoms with Crippen LogP contribution in [0, 0.1) is 0 Å². The zero-order valence-electron chi connectivity index (χ0n) is 12.1. The zero-order chi connectivity index (χ0) is 14.7. The van der Waals surface area contributed by atoms with Gasteiger partial charge in [0.1, 0.15) is 5.01 Å². The maximum atomic E-state index is 5.79. The Morgan fingerprint density at radius 1 is 1.19 bits per heavy atom. The molecule has 2 aromatic rings. The molecular weight excluding hydrogens is 316 g/mol. The molecule has 5 heteroatoms. The van der Waals surface area contributed by atoms with Crippen LogP contribution in [0.15, 0.2) is 30.3 Å². The Morgan fingerprint density at radius 2 is 1.95 bits per heavy atom. The average molecular weight is 337 g/mol. The van der Waals surface area contributed by atoms with Crippen molar-refractivity contribution in [3.63, 3.8) is 0 Å². The highest BCUT2D eigenvalue weighted by Gasteiger charge is 2.28. The van der Waals surface area contributed by atoms with Gasteiger partial charge >= 0.3 is 0 Å². The summed E-state index contributed by atoms with van der Waals surface area (Å²) in [5.74, 6) is 2.49. The highest BCUT2D eigenvalue weighted by molar-refractivity contribution is 8.06. The fourth-order valence-electron chi connectivity index (χ4n) is 2.52. The summed E-state index contributed by atoms with van der Waals surface area (Å²) in [6, 6.07) is 10.5. The fraction of sp³-hybridized carbons (Fsp3) is 0.438. The molecule has 2 atom stereocenters. The predicted molar refractivity (Wildman–Crippen MR) is 97.4 cm³/mol. The van der Waals surface area contributed by atoms with Crippen molar-refractivity contribution >= 4 is 34.9 Å². The molecule has 0 spiro atoms. The van der Waals surface area contributed by atoms with E-state index in [0.717, 1.165) is 12.1 Å². The van der Waals surface area contributed by atoms with E-state index in [-0.39, 0.29) is 0 Å². The van der Waals surface area contributed by atoms with Crippen molar-refractivity contribution in [3.8, 4) is 11.3 Å². The third-order valence-corrected chi connectivity index (χ3v) is 8.01. The number of benzene rings is 1. The third-order valence-electron chi connectivity index (χ3n) is 3.56. The first-order valence-corrected chi connectivity index (χ1v) is 10.2. The summed E-state index contributed by atoms with van der Waals surface area (Å²) in [4.78, 5) is 6.34. The van der Waals surface area contributed by atoms with Crippen molar-refractivity contribution in [1.29, 1.82) is 0 Å². The quantitative estimate of drug-likeness (QED) is 0.907. The van der Waals surface area contributed by atoms with E-state index in [2.05, 4.69) is 60.8 Å². The molecule has 0 aliphatic carbocycles. The lowest BCUT2D eigenvalue weighted by Crippen LogP contribution is -2.15. The fourth-order valence-corrected chi connectivity index (χ4v) is 6.78. The van der Waals surface area contributed by atoms with Crippen LogP contribution in [0.1, 0.15) is 22.1 Å². The van der Waals surface area contributed by atoms with Crippen LogP contribution in [0.2, 0.25) is 0 Å². The smallest absolute Gasteiger partial charge is 0.108 e. The molecule has 3 rings (SSSR count). The first-order valence-electron chi connectivity index (χ1n) is 7.28. The molecule has 1 aliphatic heterocycles. The molecule has 1 aromatic carbocycles. The molecule has 2 N–H and O–H groups in total. The summed E-state index contributed by atoms with van der Waals surface area (Å²) in [5, 5.41) is 2.45. The first kappa shape index (κ1) is 15.4. The number of thioether (sulfide) groups is 2. The number of aromatic nitrogens is 1. The van der Waals surface area contributed by atoms with Crippen molar-refractivity contribution in [2.24, 2.45) is 5.73 Å². The lowest BCUT2D eigenvalue weighted by atomic mass is 10.1. The van der Waals surface area contributed by atoms with Gasteiger partial charge in [-0.25, -0.2) is 4.98 Å². The van der Waals surface area contributed by atoms with E-state index in [1.807, 2.05) is 11.3 Å². The molecule has 112 valence electrons. The van der Waals surface area contributed by atoms with E-state index < -0.39 is 0 Å². The molecule has 2 nitrogen and oxygen atoms in total. The molecule has 0 amide bonds. The van der Waals surface area contributed by atoms with Gasteiger partial charge in [0.25, 0.3) is 0 Å². The van der Waals surface area contributed by atoms with E-state index in [0.29, 0.717) is 17.0 Å². The zero-order valence-corrected chi connectivity index (χ0v) is 14.6. The van der Waals surface area contributed by atoms with Crippen LogP contribution in [0.3, 0.4) is 0 Å². The van der Waals surface area contributed by atoms with Gasteiger partial charge in [-0.3, -0.25) is 0 Å². The Balaban J connectivity index is 1.96. The van der Waals surface area contributed by atoms with Crippen LogP contribution in [-0.4, -0.2) is 28.3 Å². The Morgan fingerprint density at radius 3 is 2.67 bits per heavy atom. The summed E-state index contributed by atoms with van der Waals surface area (Å²) < 4.78 is 0. The minimum Gasteiger partial charge on any atom is -0.330 e. The summed E-state index contributed by atoms with van der Waals surface area (Å²) >= 11 is 5.99. The van der Waals surface area contributed by atoms with Crippen LogP contribution >= 0.6 is 34.9 Å². The Hall–Kier alpha value is -0.490. The number of hydrogen-bond acceptors (Lipinski definition) is 5. The van der Waals surface area contributed by atoms with Gasteiger partial charge in [0.15, 0.2) is 0 Å². The first-order chi connectivity index (χ1) is 10.3. The van der Waals surface area contributed by atoms with Crippen LogP contribution in [-0.2, 0) is 6.42 Å². The maximum absolute atomic E-state index is 5.79. The van der Waals surface area contributed by atoms with Gasteiger partial charge < -0.3 is 5.73 Å². The largest absolute Gasteiger partial charge is 0.330 e. The monoisotopic (exact) mass is 336 g/mol. The predicted octanol–water partition coefficient (Wildman–Crippen LogP) is 4.22. The number of nitrogens with zero attached hydrogens (tertiary/aromatic N) is 1. The molecule has 1 aromatic heterocycles. The highest BCUT2D eigenvalue weighted by Crippen LogP contribution is 2.45. The summed E-state index contributed by atoms with van der Waals surface area (Å²) in [5.41, 5.74) is 8.15. The van der Waals surface area contributed by atoms with Crippen molar-refractivity contribution in [1.82, 2.24) is 4.98 Å². The molecule has 0 saturated carbocycles. The SMILES string of the molecule is CC1SCCSC1c1nc(-c2ccccc2)c(CCN)s1. The minimum absolute atomic E-state index is 0.530. The van der Waals surface area contributed by atoms with Crippen LogP contribution in [0.4, 0.5) is 0 Å². The Kier molecular flexibility index (Phi) is 5.27. The van der Waals surface area contributed by atoms with Crippen LogP contribution in [0.5, 0.6) is 0 Å². The van der Waals surface area contributed by atoms with Crippen LogP contribution < -0.4 is 5.73 Å². The van der Waals surface area contributed by atoms with E-state index in [1.54, 1.807) is 0 Å². The third kappa shape index (κ3) is 3.47. The molecule has 0 bridgehead atoms. The summed E-state index contributed by atoms with van der Waals surface area (Å²) in [6.45, 7) is 3.01. The van der Waals surface area contributed by atoms with Gasteiger partial charge in [0, 0.05) is 27.2 Å². The summed E-state index contributed by atoms with van der Waals surface area (Å²) in [7, 11) is 0.